The van der Waals surface area contributed by atoms with Gasteiger partial charge in [-0.2, -0.15) is 4.84 Å². The summed E-state index contributed by atoms with van der Waals surface area (Å²) in [5.41, 5.74) is 0. The highest BCUT2D eigenvalue weighted by Gasteiger charge is 2.49. The lowest BCUT2D eigenvalue weighted by Gasteiger charge is -2.43. The van der Waals surface area contributed by atoms with E-state index in [4.69, 9.17) is 14.3 Å². The van der Waals surface area contributed by atoms with E-state index >= 15 is 0 Å². The van der Waals surface area contributed by atoms with Gasteiger partial charge in [-0.1, -0.05) is 6.08 Å². The Morgan fingerprint density at radius 1 is 1.06 bits per heavy atom. The molecule has 0 saturated heterocycles. The van der Waals surface area contributed by atoms with Gasteiger partial charge in [-0.15, -0.1) is 11.2 Å². The molecule has 0 unspecified atom stereocenters. The van der Waals surface area contributed by atoms with Crippen molar-refractivity contribution in [3.05, 3.63) is 12.7 Å². The average Bonchev–Trinajstić information content (AvgIpc) is 2.18. The largest absolute Gasteiger partial charge is 0.352 e. The van der Waals surface area contributed by atoms with Gasteiger partial charge in [-0.3, -0.25) is 0 Å². The topological polar surface area (TPSA) is 27.7 Å². The molecule has 0 saturated carbocycles. The van der Waals surface area contributed by atoms with Crippen molar-refractivity contribution in [1.82, 2.24) is 0 Å². The SMILES string of the molecule is C=CCC(OCC)(OCC)[N+](C)(C)OCC. The summed E-state index contributed by atoms with van der Waals surface area (Å²) in [5, 5.41) is 0. The van der Waals surface area contributed by atoms with Crippen LogP contribution in [0.1, 0.15) is 27.2 Å². The zero-order valence-corrected chi connectivity index (χ0v) is 11.3. The average molecular weight is 232 g/mol. The van der Waals surface area contributed by atoms with Gasteiger partial charge in [0.25, 0.3) is 0 Å². The van der Waals surface area contributed by atoms with Crippen LogP contribution in [0.4, 0.5) is 0 Å². The van der Waals surface area contributed by atoms with Crippen LogP contribution in [0.5, 0.6) is 0 Å². The number of ether oxygens (including phenoxy) is 2. The van der Waals surface area contributed by atoms with Crippen molar-refractivity contribution < 1.29 is 19.0 Å². The molecular formula is C12H26NO3+. The molecule has 0 N–H and O–H groups in total. The van der Waals surface area contributed by atoms with Crippen molar-refractivity contribution in [1.29, 1.82) is 0 Å². The van der Waals surface area contributed by atoms with Crippen LogP contribution < -0.4 is 0 Å². The highest BCUT2D eigenvalue weighted by atomic mass is 16.8. The molecule has 16 heavy (non-hydrogen) atoms. The third kappa shape index (κ3) is 3.56. The van der Waals surface area contributed by atoms with Crippen LogP contribution in [-0.2, 0) is 14.3 Å². The van der Waals surface area contributed by atoms with E-state index in [-0.39, 0.29) is 4.65 Å². The van der Waals surface area contributed by atoms with Crippen molar-refractivity contribution in [2.75, 3.05) is 33.9 Å². The van der Waals surface area contributed by atoms with Gasteiger partial charge >= 0.3 is 5.91 Å². The summed E-state index contributed by atoms with van der Waals surface area (Å²) in [5.74, 6) is -0.804. The fourth-order valence-corrected chi connectivity index (χ4v) is 1.74. The number of quaternary nitrogens is 1. The summed E-state index contributed by atoms with van der Waals surface area (Å²) in [6, 6.07) is 0. The molecular weight excluding hydrogens is 206 g/mol. The van der Waals surface area contributed by atoms with E-state index in [9.17, 15) is 0 Å². The monoisotopic (exact) mass is 232 g/mol. The van der Waals surface area contributed by atoms with Gasteiger partial charge in [0.1, 0.15) is 20.7 Å². The Labute approximate surface area is 99.3 Å². The van der Waals surface area contributed by atoms with Crippen molar-refractivity contribution in [2.45, 2.75) is 33.1 Å². The van der Waals surface area contributed by atoms with Gasteiger partial charge in [0.15, 0.2) is 0 Å². The second-order valence-corrected chi connectivity index (χ2v) is 3.84. The van der Waals surface area contributed by atoms with Crippen LogP contribution in [0, 0.1) is 0 Å². The molecule has 0 radical (unpaired) electrons. The Bertz CT molecular complexity index is 198. The van der Waals surface area contributed by atoms with Crippen LogP contribution in [0.15, 0.2) is 12.7 Å². The lowest BCUT2D eigenvalue weighted by molar-refractivity contribution is -1.15. The number of hydroxylamine groups is 3. The van der Waals surface area contributed by atoms with Crippen LogP contribution in [-0.4, -0.2) is 44.5 Å². The molecule has 0 amide bonds. The van der Waals surface area contributed by atoms with Gasteiger partial charge in [0.05, 0.1) is 19.6 Å². The molecule has 0 aromatic carbocycles. The van der Waals surface area contributed by atoms with E-state index < -0.39 is 5.91 Å². The first-order valence-electron chi connectivity index (χ1n) is 5.87. The Kier molecular flexibility index (Phi) is 6.83. The quantitative estimate of drug-likeness (QED) is 0.264. The molecule has 4 heteroatoms. The minimum absolute atomic E-state index is 0.206. The Hall–Kier alpha value is -0.420. The van der Waals surface area contributed by atoms with E-state index in [1.807, 2.05) is 34.9 Å². The maximum atomic E-state index is 5.78. The predicted molar refractivity (Wildman–Crippen MR) is 64.5 cm³/mol. The second-order valence-electron chi connectivity index (χ2n) is 3.84. The van der Waals surface area contributed by atoms with Crippen LogP contribution >= 0.6 is 0 Å². The molecule has 0 rings (SSSR count). The minimum Gasteiger partial charge on any atom is -0.301 e. The lowest BCUT2D eigenvalue weighted by atomic mass is 10.3. The highest BCUT2D eigenvalue weighted by Crippen LogP contribution is 2.29. The maximum Gasteiger partial charge on any atom is 0.352 e. The molecule has 0 aliphatic rings. The minimum atomic E-state index is -0.804. The number of hydrogen-bond donors (Lipinski definition) is 0. The Balaban J connectivity index is 5.03. The molecule has 0 aliphatic heterocycles. The summed E-state index contributed by atoms with van der Waals surface area (Å²) >= 11 is 0. The summed E-state index contributed by atoms with van der Waals surface area (Å²) in [4.78, 5) is 5.69. The first-order chi connectivity index (χ1) is 7.49. The van der Waals surface area contributed by atoms with Crippen LogP contribution in [0.3, 0.4) is 0 Å². The standard InChI is InChI=1S/C12H26NO3/c1-7-11-12(14-8-2,15-9-3)13(5,6)16-10-4/h7H,1,8-11H2,2-6H3/q+1. The van der Waals surface area contributed by atoms with Crippen LogP contribution in [0.2, 0.25) is 0 Å². The second kappa shape index (κ2) is 7.01. The Morgan fingerprint density at radius 3 is 1.88 bits per heavy atom. The Morgan fingerprint density at radius 2 is 1.56 bits per heavy atom. The van der Waals surface area contributed by atoms with Crippen molar-refractivity contribution in [2.24, 2.45) is 0 Å². The summed E-state index contributed by atoms with van der Waals surface area (Å²) in [7, 11) is 3.86. The molecule has 0 heterocycles. The zero-order valence-electron chi connectivity index (χ0n) is 11.3. The van der Waals surface area contributed by atoms with E-state index in [0.29, 0.717) is 26.2 Å². The molecule has 96 valence electrons. The van der Waals surface area contributed by atoms with Gasteiger partial charge in [-0.05, 0) is 20.8 Å². The first-order valence-corrected chi connectivity index (χ1v) is 5.87. The predicted octanol–water partition coefficient (Wildman–Crippen LogP) is 2.32. The normalized spacial score (nSPS) is 12.8. The van der Waals surface area contributed by atoms with Gasteiger partial charge in [0, 0.05) is 0 Å². The number of hydrogen-bond acceptors (Lipinski definition) is 3. The maximum absolute atomic E-state index is 5.78. The molecule has 0 fully saturated rings. The fourth-order valence-electron chi connectivity index (χ4n) is 1.74. The first kappa shape index (κ1) is 15.6. The summed E-state index contributed by atoms with van der Waals surface area (Å²) in [6.45, 7) is 11.4. The third-order valence-electron chi connectivity index (χ3n) is 2.41. The van der Waals surface area contributed by atoms with Gasteiger partial charge in [0.2, 0.25) is 0 Å². The third-order valence-corrected chi connectivity index (χ3v) is 2.41. The molecule has 0 aliphatic carbocycles. The smallest absolute Gasteiger partial charge is 0.301 e. The van der Waals surface area contributed by atoms with Gasteiger partial charge in [-0.25, -0.2) is 0 Å². The lowest BCUT2D eigenvalue weighted by Crippen LogP contribution is -2.62. The zero-order chi connectivity index (χ0) is 12.7. The van der Waals surface area contributed by atoms with Crippen LogP contribution in [0.25, 0.3) is 0 Å². The number of nitrogens with zero attached hydrogens (tertiary/aromatic N) is 1. The molecule has 4 nitrogen and oxygen atoms in total. The van der Waals surface area contributed by atoms with Crippen molar-refractivity contribution >= 4 is 0 Å². The van der Waals surface area contributed by atoms with Gasteiger partial charge < -0.3 is 9.47 Å². The molecule has 0 aromatic rings. The number of rotatable bonds is 9. The van der Waals surface area contributed by atoms with E-state index in [2.05, 4.69) is 6.58 Å². The van der Waals surface area contributed by atoms with Crippen molar-refractivity contribution in [3.63, 3.8) is 0 Å². The summed E-state index contributed by atoms with van der Waals surface area (Å²) in [6.07, 6.45) is 2.38. The molecule has 0 bridgehead atoms. The van der Waals surface area contributed by atoms with E-state index in [1.165, 1.54) is 0 Å². The highest BCUT2D eigenvalue weighted by molar-refractivity contribution is 4.74. The van der Waals surface area contributed by atoms with E-state index in [1.54, 1.807) is 6.08 Å². The van der Waals surface area contributed by atoms with E-state index in [0.717, 1.165) is 0 Å². The van der Waals surface area contributed by atoms with Crippen molar-refractivity contribution in [3.8, 4) is 0 Å². The molecule has 0 spiro atoms. The fraction of sp³-hybridized carbons (Fsp3) is 0.833. The molecule has 0 atom stereocenters. The summed E-state index contributed by atoms with van der Waals surface area (Å²) < 4.78 is 11.8. The molecule has 0 aromatic heterocycles.